The van der Waals surface area contributed by atoms with E-state index < -0.39 is 10.0 Å². The van der Waals surface area contributed by atoms with Gasteiger partial charge in [0.1, 0.15) is 0 Å². The van der Waals surface area contributed by atoms with Crippen LogP contribution in [0, 0.1) is 0 Å². The molecule has 0 fully saturated rings. The van der Waals surface area contributed by atoms with E-state index in [1.807, 2.05) is 0 Å². The first-order valence-electron chi connectivity index (χ1n) is 7.57. The van der Waals surface area contributed by atoms with Gasteiger partial charge in [0.05, 0.1) is 25.5 Å². The highest BCUT2D eigenvalue weighted by Crippen LogP contribution is 2.31. The van der Waals surface area contributed by atoms with E-state index in [0.717, 1.165) is 0 Å². The molecule has 1 aliphatic heterocycles. The van der Waals surface area contributed by atoms with Crippen LogP contribution in [0.3, 0.4) is 0 Å². The van der Waals surface area contributed by atoms with E-state index in [0.29, 0.717) is 28.3 Å². The Bertz CT molecular complexity index is 925. The van der Waals surface area contributed by atoms with Crippen molar-refractivity contribution in [2.45, 2.75) is 17.9 Å². The van der Waals surface area contributed by atoms with Crippen LogP contribution < -0.4 is 19.5 Å². The molecule has 1 amide bonds. The van der Waals surface area contributed by atoms with Gasteiger partial charge < -0.3 is 14.8 Å². The van der Waals surface area contributed by atoms with Gasteiger partial charge in [-0.2, -0.15) is 0 Å². The summed E-state index contributed by atoms with van der Waals surface area (Å²) in [5, 5.41) is 2.68. The van der Waals surface area contributed by atoms with Crippen LogP contribution in [0.15, 0.2) is 41.3 Å². The Labute approximate surface area is 146 Å². The number of anilines is 1. The first-order valence-corrected chi connectivity index (χ1v) is 9.05. The van der Waals surface area contributed by atoms with E-state index in [1.165, 1.54) is 26.4 Å². The summed E-state index contributed by atoms with van der Waals surface area (Å²) in [6.07, 6.45) is 0.183. The summed E-state index contributed by atoms with van der Waals surface area (Å²) in [6.45, 7) is 0.0526. The number of methoxy groups -OCH3 is 2. The lowest BCUT2D eigenvalue weighted by Crippen LogP contribution is -2.23. The Morgan fingerprint density at radius 3 is 2.68 bits per heavy atom. The molecule has 0 saturated heterocycles. The molecule has 0 saturated carbocycles. The zero-order valence-corrected chi connectivity index (χ0v) is 14.6. The van der Waals surface area contributed by atoms with Gasteiger partial charge in [-0.3, -0.25) is 4.79 Å². The lowest BCUT2D eigenvalue weighted by Gasteiger charge is -2.13. The molecule has 7 nitrogen and oxygen atoms in total. The summed E-state index contributed by atoms with van der Waals surface area (Å²) in [4.78, 5) is 11.5. The van der Waals surface area contributed by atoms with Crippen molar-refractivity contribution < 1.29 is 22.7 Å². The predicted octanol–water partition coefficient (Wildman–Crippen LogP) is 1.68. The number of nitrogens with one attached hydrogen (secondary N) is 2. The number of hydrogen-bond donors (Lipinski definition) is 2. The summed E-state index contributed by atoms with van der Waals surface area (Å²) in [5.41, 5.74) is 1.98. The molecule has 1 aliphatic rings. The molecular formula is C17H18N2O5S. The van der Waals surface area contributed by atoms with E-state index in [9.17, 15) is 13.2 Å². The normalized spacial score (nSPS) is 13.3. The summed E-state index contributed by atoms with van der Waals surface area (Å²) >= 11 is 0. The van der Waals surface area contributed by atoms with Gasteiger partial charge in [-0.05, 0) is 29.8 Å². The number of rotatable bonds is 6. The van der Waals surface area contributed by atoms with Gasteiger partial charge in [0, 0.05) is 17.8 Å². The molecule has 0 radical (unpaired) electrons. The van der Waals surface area contributed by atoms with Gasteiger partial charge in [-0.25, -0.2) is 13.1 Å². The van der Waals surface area contributed by atoms with E-state index in [1.54, 1.807) is 24.3 Å². The summed E-state index contributed by atoms with van der Waals surface area (Å²) in [6, 6.07) is 9.84. The first kappa shape index (κ1) is 17.2. The summed E-state index contributed by atoms with van der Waals surface area (Å²) in [5.74, 6) is 0.872. The number of hydrogen-bond acceptors (Lipinski definition) is 5. The monoisotopic (exact) mass is 362 g/mol. The predicted molar refractivity (Wildman–Crippen MR) is 92.3 cm³/mol. The molecule has 25 heavy (non-hydrogen) atoms. The Balaban J connectivity index is 1.82. The number of para-hydroxylation sites is 1. The maximum atomic E-state index is 12.6. The standard InChI is InChI=1S/C17H18N2O5S/c1-23-15-5-3-4-11(17(15)24-2)10-18-25(21,22)13-6-7-14-12(8-13)9-16(20)19-14/h3-8,18H,9-10H2,1-2H3,(H,19,20). The maximum Gasteiger partial charge on any atom is 0.240 e. The lowest BCUT2D eigenvalue weighted by atomic mass is 10.2. The van der Waals surface area contributed by atoms with Crippen molar-refractivity contribution in [3.8, 4) is 11.5 Å². The fraction of sp³-hybridized carbons (Fsp3) is 0.235. The third-order valence-electron chi connectivity index (χ3n) is 3.95. The highest BCUT2D eigenvalue weighted by Gasteiger charge is 2.22. The van der Waals surface area contributed by atoms with Crippen molar-refractivity contribution in [2.24, 2.45) is 0 Å². The van der Waals surface area contributed by atoms with Crippen LogP contribution in [0.25, 0.3) is 0 Å². The zero-order chi connectivity index (χ0) is 18.0. The van der Waals surface area contributed by atoms with Crippen molar-refractivity contribution in [1.29, 1.82) is 0 Å². The molecular weight excluding hydrogens is 344 g/mol. The summed E-state index contributed by atoms with van der Waals surface area (Å²) < 4.78 is 38.2. The number of fused-ring (bicyclic) bond motifs is 1. The van der Waals surface area contributed by atoms with Crippen LogP contribution in [0.4, 0.5) is 5.69 Å². The van der Waals surface area contributed by atoms with E-state index >= 15 is 0 Å². The Morgan fingerprint density at radius 1 is 1.16 bits per heavy atom. The van der Waals surface area contributed by atoms with Crippen LogP contribution in [0.2, 0.25) is 0 Å². The molecule has 8 heteroatoms. The smallest absolute Gasteiger partial charge is 0.240 e. The number of benzene rings is 2. The SMILES string of the molecule is COc1cccc(CNS(=O)(=O)c2ccc3c(c2)CC(=O)N3)c1OC. The molecule has 1 heterocycles. The molecule has 0 spiro atoms. The number of amides is 1. The molecule has 0 aliphatic carbocycles. The van der Waals surface area contributed by atoms with Gasteiger partial charge in [0.25, 0.3) is 0 Å². The quantitative estimate of drug-likeness (QED) is 0.815. The van der Waals surface area contributed by atoms with Crippen molar-refractivity contribution in [3.05, 3.63) is 47.5 Å². The van der Waals surface area contributed by atoms with Crippen molar-refractivity contribution in [2.75, 3.05) is 19.5 Å². The number of carbonyl (C=O) groups is 1. The van der Waals surface area contributed by atoms with Crippen molar-refractivity contribution in [1.82, 2.24) is 4.72 Å². The van der Waals surface area contributed by atoms with Gasteiger partial charge in [0.2, 0.25) is 15.9 Å². The minimum Gasteiger partial charge on any atom is -0.493 e. The maximum absolute atomic E-state index is 12.6. The fourth-order valence-electron chi connectivity index (χ4n) is 2.72. The number of sulfonamides is 1. The van der Waals surface area contributed by atoms with Crippen LogP contribution in [0.5, 0.6) is 11.5 Å². The van der Waals surface area contributed by atoms with Crippen molar-refractivity contribution in [3.63, 3.8) is 0 Å². The van der Waals surface area contributed by atoms with Crippen LogP contribution in [-0.2, 0) is 27.8 Å². The highest BCUT2D eigenvalue weighted by atomic mass is 32.2. The second kappa shape index (κ2) is 6.73. The lowest BCUT2D eigenvalue weighted by molar-refractivity contribution is -0.115. The molecule has 0 bridgehead atoms. The molecule has 0 unspecified atom stereocenters. The zero-order valence-electron chi connectivity index (χ0n) is 13.8. The van der Waals surface area contributed by atoms with Crippen LogP contribution in [0.1, 0.15) is 11.1 Å². The second-order valence-corrected chi connectivity index (χ2v) is 7.29. The fourth-order valence-corrected chi connectivity index (χ4v) is 3.78. The molecule has 2 aromatic carbocycles. The van der Waals surface area contributed by atoms with Gasteiger partial charge in [-0.15, -0.1) is 0 Å². The third-order valence-corrected chi connectivity index (χ3v) is 5.35. The Kier molecular flexibility index (Phi) is 4.65. The van der Waals surface area contributed by atoms with Gasteiger partial charge in [0.15, 0.2) is 11.5 Å². The highest BCUT2D eigenvalue weighted by molar-refractivity contribution is 7.89. The Morgan fingerprint density at radius 2 is 1.96 bits per heavy atom. The molecule has 2 N–H and O–H groups in total. The Hall–Kier alpha value is -2.58. The largest absolute Gasteiger partial charge is 0.493 e. The van der Waals surface area contributed by atoms with Crippen LogP contribution >= 0.6 is 0 Å². The molecule has 0 aromatic heterocycles. The molecule has 3 rings (SSSR count). The van der Waals surface area contributed by atoms with Gasteiger partial charge in [-0.1, -0.05) is 12.1 Å². The van der Waals surface area contributed by atoms with Gasteiger partial charge >= 0.3 is 0 Å². The number of ether oxygens (including phenoxy) is 2. The number of carbonyl (C=O) groups excluding carboxylic acids is 1. The molecule has 2 aromatic rings. The van der Waals surface area contributed by atoms with E-state index in [4.69, 9.17) is 9.47 Å². The molecule has 0 atom stereocenters. The topological polar surface area (TPSA) is 93.7 Å². The van der Waals surface area contributed by atoms with Crippen LogP contribution in [-0.4, -0.2) is 28.5 Å². The van der Waals surface area contributed by atoms with Crippen molar-refractivity contribution >= 4 is 21.6 Å². The molecule has 132 valence electrons. The average molecular weight is 362 g/mol. The average Bonchev–Trinajstić information content (AvgIpc) is 2.98. The summed E-state index contributed by atoms with van der Waals surface area (Å²) in [7, 11) is -0.708. The van der Waals surface area contributed by atoms with E-state index in [-0.39, 0.29) is 23.8 Å². The minimum absolute atomic E-state index is 0.0526. The second-order valence-electron chi connectivity index (χ2n) is 5.52. The third kappa shape index (κ3) is 3.45. The van der Waals surface area contributed by atoms with E-state index in [2.05, 4.69) is 10.0 Å². The first-order chi connectivity index (χ1) is 11.9. The minimum atomic E-state index is -3.73.